The van der Waals surface area contributed by atoms with Gasteiger partial charge in [-0.05, 0) is 6.07 Å². The fourth-order valence-electron chi connectivity index (χ4n) is 2.39. The van der Waals surface area contributed by atoms with Crippen molar-refractivity contribution in [2.45, 2.75) is 4.90 Å². The van der Waals surface area contributed by atoms with Crippen LogP contribution in [0.5, 0.6) is 11.5 Å². The van der Waals surface area contributed by atoms with Crippen LogP contribution in [-0.4, -0.2) is 40.2 Å². The van der Waals surface area contributed by atoms with Gasteiger partial charge in [-0.3, -0.25) is 9.59 Å². The van der Waals surface area contributed by atoms with Gasteiger partial charge in [0.25, 0.3) is 0 Å². The summed E-state index contributed by atoms with van der Waals surface area (Å²) in [4.78, 5) is 23.5. The minimum absolute atomic E-state index is 0. The van der Waals surface area contributed by atoms with Gasteiger partial charge in [-0.1, -0.05) is 24.3 Å². The SMILES string of the molecule is O.O=C1c2ccccc2C(=O)c2c1cc(S(=O)(=O)[O-])c(O)c2O.[Na+]. The summed E-state index contributed by atoms with van der Waals surface area (Å²) in [7, 11) is -5.13. The molecule has 10 heteroatoms. The Bertz CT molecular complexity index is 965. The molecule has 0 fully saturated rings. The number of carbonyl (C=O) groups is 2. The van der Waals surface area contributed by atoms with Crippen molar-refractivity contribution in [1.29, 1.82) is 0 Å². The number of ketones is 2. The second-order valence-corrected chi connectivity index (χ2v) is 6.00. The van der Waals surface area contributed by atoms with Crippen molar-refractivity contribution in [2.75, 3.05) is 0 Å². The minimum atomic E-state index is -5.13. The first-order valence-corrected chi connectivity index (χ1v) is 7.37. The van der Waals surface area contributed by atoms with Gasteiger partial charge < -0.3 is 20.2 Å². The van der Waals surface area contributed by atoms with E-state index in [1.54, 1.807) is 0 Å². The van der Waals surface area contributed by atoms with E-state index in [0.717, 1.165) is 0 Å². The summed E-state index contributed by atoms with van der Waals surface area (Å²) in [5.74, 6) is -3.80. The van der Waals surface area contributed by atoms with Crippen LogP contribution < -0.4 is 29.6 Å². The molecule has 120 valence electrons. The Hall–Kier alpha value is -1.75. The van der Waals surface area contributed by atoms with E-state index in [4.69, 9.17) is 0 Å². The first kappa shape index (κ1) is 20.3. The molecule has 0 saturated heterocycles. The fraction of sp³-hybridized carbons (Fsp3) is 0. The van der Waals surface area contributed by atoms with Crippen molar-refractivity contribution in [3.63, 3.8) is 0 Å². The van der Waals surface area contributed by atoms with Crippen LogP contribution in [-0.2, 0) is 10.1 Å². The summed E-state index contributed by atoms with van der Waals surface area (Å²) < 4.78 is 33.3. The molecule has 4 N–H and O–H groups in total. The van der Waals surface area contributed by atoms with Crippen molar-refractivity contribution in [1.82, 2.24) is 0 Å². The molecule has 0 atom stereocenters. The number of benzene rings is 2. The van der Waals surface area contributed by atoms with Gasteiger partial charge >= 0.3 is 29.6 Å². The molecule has 0 heterocycles. The number of hydrogen-bond acceptors (Lipinski definition) is 7. The second kappa shape index (κ2) is 6.63. The van der Waals surface area contributed by atoms with Crippen molar-refractivity contribution >= 4 is 21.7 Å². The Labute approximate surface area is 158 Å². The molecule has 2 aromatic rings. The third-order valence-electron chi connectivity index (χ3n) is 3.40. The van der Waals surface area contributed by atoms with E-state index in [0.29, 0.717) is 6.07 Å². The standard InChI is InChI=1S/C14H8O7S.Na.H2O/c15-11-6-3-1-2-4-7(6)12(16)10-8(11)5-9(22(19,20)21)13(17)14(10)18;;/h1-5,17-18H,(H,19,20,21);;1H2/q;+1;/p-1. The average molecular weight is 360 g/mol. The largest absolute Gasteiger partial charge is 1.00 e. The summed E-state index contributed by atoms with van der Waals surface area (Å²) >= 11 is 0. The number of aromatic hydroxyl groups is 2. The third-order valence-corrected chi connectivity index (χ3v) is 4.25. The molecule has 24 heavy (non-hydrogen) atoms. The molecule has 0 saturated carbocycles. The van der Waals surface area contributed by atoms with E-state index < -0.39 is 49.2 Å². The molecule has 1 aliphatic rings. The summed E-state index contributed by atoms with van der Waals surface area (Å²) in [5, 5.41) is 19.5. The fourth-order valence-corrected chi connectivity index (χ4v) is 2.99. The molecule has 8 nitrogen and oxygen atoms in total. The molecule has 3 rings (SSSR count). The first-order valence-electron chi connectivity index (χ1n) is 5.96. The van der Waals surface area contributed by atoms with Crippen LogP contribution in [0.25, 0.3) is 0 Å². The van der Waals surface area contributed by atoms with E-state index >= 15 is 0 Å². The monoisotopic (exact) mass is 360 g/mol. The van der Waals surface area contributed by atoms with Crippen LogP contribution in [0, 0.1) is 0 Å². The second-order valence-electron chi connectivity index (χ2n) is 4.65. The maximum absolute atomic E-state index is 12.4. The number of rotatable bonds is 1. The number of phenols is 2. The average Bonchev–Trinajstić information content (AvgIpc) is 2.46. The minimum Gasteiger partial charge on any atom is -0.744 e. The number of carbonyl (C=O) groups excluding carboxylic acids is 2. The maximum atomic E-state index is 12.4. The quantitative estimate of drug-likeness (QED) is 0.264. The van der Waals surface area contributed by atoms with Gasteiger partial charge in [-0.25, -0.2) is 8.42 Å². The zero-order valence-corrected chi connectivity index (χ0v) is 15.0. The van der Waals surface area contributed by atoms with Crippen molar-refractivity contribution in [3.05, 3.63) is 52.6 Å². The number of hydrogen-bond donors (Lipinski definition) is 2. The van der Waals surface area contributed by atoms with Crippen LogP contribution in [0.15, 0.2) is 35.2 Å². The Morgan fingerprint density at radius 1 is 0.875 bits per heavy atom. The number of fused-ring (bicyclic) bond motifs is 2. The molecule has 0 unspecified atom stereocenters. The van der Waals surface area contributed by atoms with Crippen molar-refractivity contribution < 1.29 is 67.8 Å². The Morgan fingerprint density at radius 2 is 1.38 bits per heavy atom. The molecular weight excluding hydrogens is 351 g/mol. The van der Waals surface area contributed by atoms with E-state index in [2.05, 4.69) is 0 Å². The van der Waals surface area contributed by atoms with Gasteiger partial charge in [0, 0.05) is 16.7 Å². The topological polar surface area (TPSA) is 163 Å². The number of phenolic OH excluding ortho intramolecular Hbond substituents is 2. The Morgan fingerprint density at radius 3 is 1.88 bits per heavy atom. The van der Waals surface area contributed by atoms with Crippen LogP contribution in [0.3, 0.4) is 0 Å². The van der Waals surface area contributed by atoms with Crippen LogP contribution in [0.4, 0.5) is 0 Å². The van der Waals surface area contributed by atoms with E-state index in [1.165, 1.54) is 24.3 Å². The third kappa shape index (κ3) is 2.86. The molecule has 0 aromatic heterocycles. The van der Waals surface area contributed by atoms with Crippen LogP contribution in [0.1, 0.15) is 31.8 Å². The predicted molar refractivity (Wildman–Crippen MR) is 74.7 cm³/mol. The molecule has 0 amide bonds. The summed E-state index contributed by atoms with van der Waals surface area (Å²) in [6, 6.07) is 6.38. The molecule has 0 radical (unpaired) electrons. The van der Waals surface area contributed by atoms with Gasteiger partial charge in [-0.2, -0.15) is 0 Å². The molecule has 1 aliphatic carbocycles. The first-order chi connectivity index (χ1) is 10.2. The van der Waals surface area contributed by atoms with Gasteiger partial charge in [0.1, 0.15) is 15.0 Å². The molecule has 0 bridgehead atoms. The van der Waals surface area contributed by atoms with E-state index in [9.17, 15) is 32.8 Å². The van der Waals surface area contributed by atoms with Crippen molar-refractivity contribution in [3.8, 4) is 11.5 Å². The summed E-state index contributed by atoms with van der Waals surface area (Å²) in [5.41, 5.74) is -0.909. The van der Waals surface area contributed by atoms with Gasteiger partial charge in [0.05, 0.1) is 5.56 Å². The van der Waals surface area contributed by atoms with Gasteiger partial charge in [0.2, 0.25) is 0 Å². The zero-order chi connectivity index (χ0) is 16.2. The molecule has 0 aliphatic heterocycles. The Balaban J connectivity index is 0.00000144. The van der Waals surface area contributed by atoms with Crippen LogP contribution >= 0.6 is 0 Å². The van der Waals surface area contributed by atoms with Gasteiger partial charge in [-0.15, -0.1) is 0 Å². The Kier molecular flexibility index (Phi) is 5.61. The molecule has 0 spiro atoms. The van der Waals surface area contributed by atoms with Crippen molar-refractivity contribution in [2.24, 2.45) is 0 Å². The molecular formula is C14H9NaO8S. The smallest absolute Gasteiger partial charge is 0.744 e. The summed E-state index contributed by atoms with van der Waals surface area (Å²) in [6.07, 6.45) is 0. The molecule has 2 aromatic carbocycles. The van der Waals surface area contributed by atoms with E-state index in [1.807, 2.05) is 0 Å². The summed E-state index contributed by atoms with van der Waals surface area (Å²) in [6.45, 7) is 0. The predicted octanol–water partition coefficient (Wildman–Crippen LogP) is -3.04. The zero-order valence-electron chi connectivity index (χ0n) is 12.2. The van der Waals surface area contributed by atoms with Crippen LogP contribution in [0.2, 0.25) is 0 Å². The normalized spacial score (nSPS) is 12.5. The maximum Gasteiger partial charge on any atom is 1.00 e. The van der Waals surface area contributed by atoms with Gasteiger partial charge in [0.15, 0.2) is 23.1 Å². The van der Waals surface area contributed by atoms with E-state index in [-0.39, 0.29) is 46.2 Å².